The molecular formula is C14H15N3O3. The summed E-state index contributed by atoms with van der Waals surface area (Å²) in [7, 11) is 1.61. The lowest BCUT2D eigenvalue weighted by Gasteiger charge is -2.17. The van der Waals surface area contributed by atoms with Gasteiger partial charge in [0.2, 0.25) is 0 Å². The van der Waals surface area contributed by atoms with Crippen LogP contribution in [0.2, 0.25) is 0 Å². The van der Waals surface area contributed by atoms with E-state index < -0.39 is 5.97 Å². The molecule has 1 aromatic rings. The summed E-state index contributed by atoms with van der Waals surface area (Å²) in [5, 5.41) is 17.2. The number of aliphatic carboxylic acids is 1. The second-order valence-electron chi connectivity index (χ2n) is 4.36. The molecule has 0 aromatic carbocycles. The van der Waals surface area contributed by atoms with E-state index in [1.165, 1.54) is 23.2 Å². The van der Waals surface area contributed by atoms with E-state index in [4.69, 9.17) is 10.4 Å². The van der Waals surface area contributed by atoms with Crippen LogP contribution in [0.25, 0.3) is 6.08 Å². The molecule has 1 aromatic heterocycles. The molecule has 0 radical (unpaired) electrons. The summed E-state index contributed by atoms with van der Waals surface area (Å²) in [4.78, 5) is 27.8. The molecule has 0 fully saturated rings. The maximum Gasteiger partial charge on any atom is 0.328 e. The Kier molecular flexibility index (Phi) is 5.42. The lowest BCUT2D eigenvalue weighted by atomic mass is 10.2. The molecule has 6 heteroatoms. The molecule has 1 unspecified atom stereocenters. The average molecular weight is 273 g/mol. The first-order valence-electron chi connectivity index (χ1n) is 5.96. The molecule has 0 aliphatic rings. The number of hydrogen-bond donors (Lipinski definition) is 1. The molecule has 1 heterocycles. The Hall–Kier alpha value is -2.68. The van der Waals surface area contributed by atoms with Gasteiger partial charge in [-0.2, -0.15) is 5.26 Å². The number of carboxylic acid groups (broad SMARTS) is 1. The van der Waals surface area contributed by atoms with Crippen LogP contribution in [-0.2, 0) is 4.79 Å². The molecule has 6 nitrogen and oxygen atoms in total. The third kappa shape index (κ3) is 4.53. The quantitative estimate of drug-likeness (QED) is 0.818. The Balaban J connectivity index is 2.75. The Morgan fingerprint density at radius 2 is 2.25 bits per heavy atom. The third-order valence-corrected chi connectivity index (χ3v) is 2.54. The van der Waals surface area contributed by atoms with E-state index in [1.807, 2.05) is 0 Å². The van der Waals surface area contributed by atoms with Crippen molar-refractivity contribution in [3.8, 4) is 6.07 Å². The second-order valence-corrected chi connectivity index (χ2v) is 4.36. The highest BCUT2D eigenvalue weighted by Crippen LogP contribution is 2.06. The number of nitrogens with zero attached hydrogens (tertiary/aromatic N) is 3. The fourth-order valence-electron chi connectivity index (χ4n) is 1.53. The van der Waals surface area contributed by atoms with Crippen molar-refractivity contribution in [1.82, 2.24) is 9.88 Å². The van der Waals surface area contributed by atoms with Gasteiger partial charge in [0.05, 0.1) is 12.0 Å². The molecule has 0 bridgehead atoms. The lowest BCUT2D eigenvalue weighted by Crippen LogP contribution is -2.31. The topological polar surface area (TPSA) is 94.3 Å². The zero-order chi connectivity index (χ0) is 15.1. The number of nitriles is 1. The summed E-state index contributed by atoms with van der Waals surface area (Å²) in [6.07, 6.45) is 3.82. The fraction of sp³-hybridized carbons (Fsp3) is 0.286. The third-order valence-electron chi connectivity index (χ3n) is 2.54. The van der Waals surface area contributed by atoms with Crippen LogP contribution in [0.4, 0.5) is 0 Å². The first kappa shape index (κ1) is 15.4. The van der Waals surface area contributed by atoms with Crippen LogP contribution in [0, 0.1) is 17.2 Å². The number of aromatic nitrogens is 1. The number of hydrogen-bond acceptors (Lipinski definition) is 4. The van der Waals surface area contributed by atoms with Gasteiger partial charge < -0.3 is 10.0 Å². The molecule has 0 aliphatic heterocycles. The summed E-state index contributed by atoms with van der Waals surface area (Å²) >= 11 is 0. The summed E-state index contributed by atoms with van der Waals surface area (Å²) in [5.74, 6) is -1.57. The Morgan fingerprint density at radius 1 is 1.55 bits per heavy atom. The number of carbonyl (C=O) groups excluding carboxylic acids is 1. The first-order chi connectivity index (χ1) is 9.43. The first-order valence-corrected chi connectivity index (χ1v) is 5.96. The predicted molar refractivity (Wildman–Crippen MR) is 72.6 cm³/mol. The molecule has 0 spiro atoms. The highest BCUT2D eigenvalue weighted by Gasteiger charge is 2.15. The van der Waals surface area contributed by atoms with Crippen molar-refractivity contribution >= 4 is 18.0 Å². The molecule has 1 N–H and O–H groups in total. The van der Waals surface area contributed by atoms with Gasteiger partial charge in [0.25, 0.3) is 5.91 Å². The Labute approximate surface area is 117 Å². The molecule has 0 saturated heterocycles. The summed E-state index contributed by atoms with van der Waals surface area (Å²) in [5.41, 5.74) is 0.849. The van der Waals surface area contributed by atoms with Gasteiger partial charge in [-0.05, 0) is 24.6 Å². The molecule has 20 heavy (non-hydrogen) atoms. The predicted octanol–water partition coefficient (Wildman–Crippen LogP) is 1.41. The van der Waals surface area contributed by atoms with Crippen molar-refractivity contribution in [2.24, 2.45) is 5.92 Å². The lowest BCUT2D eigenvalue weighted by molar-refractivity contribution is -0.131. The minimum absolute atomic E-state index is 0.248. The van der Waals surface area contributed by atoms with E-state index in [2.05, 4.69) is 11.1 Å². The van der Waals surface area contributed by atoms with Gasteiger partial charge in [0.1, 0.15) is 5.69 Å². The van der Waals surface area contributed by atoms with E-state index in [0.29, 0.717) is 12.1 Å². The van der Waals surface area contributed by atoms with Crippen LogP contribution in [0.1, 0.15) is 23.0 Å². The molecule has 1 amide bonds. The Bertz CT molecular complexity index is 558. The van der Waals surface area contributed by atoms with Gasteiger partial charge in [0.15, 0.2) is 0 Å². The van der Waals surface area contributed by atoms with Gasteiger partial charge in [-0.1, -0.05) is 6.07 Å². The maximum atomic E-state index is 12.0. The second kappa shape index (κ2) is 7.04. The normalized spacial score (nSPS) is 11.8. The average Bonchev–Trinajstić information content (AvgIpc) is 2.44. The van der Waals surface area contributed by atoms with E-state index in [0.717, 1.165) is 6.08 Å². The maximum absolute atomic E-state index is 12.0. The van der Waals surface area contributed by atoms with Crippen molar-refractivity contribution in [2.45, 2.75) is 6.92 Å². The zero-order valence-corrected chi connectivity index (χ0v) is 11.3. The van der Waals surface area contributed by atoms with Crippen molar-refractivity contribution in [3.63, 3.8) is 0 Å². The van der Waals surface area contributed by atoms with Crippen LogP contribution in [0.3, 0.4) is 0 Å². The molecule has 104 valence electrons. The molecule has 1 atom stereocenters. The van der Waals surface area contributed by atoms with Crippen LogP contribution < -0.4 is 0 Å². The smallest absolute Gasteiger partial charge is 0.328 e. The molecule has 0 saturated carbocycles. The van der Waals surface area contributed by atoms with Gasteiger partial charge in [-0.15, -0.1) is 0 Å². The highest BCUT2D eigenvalue weighted by atomic mass is 16.4. The number of rotatable bonds is 5. The Morgan fingerprint density at radius 3 is 2.75 bits per heavy atom. The van der Waals surface area contributed by atoms with Crippen molar-refractivity contribution < 1.29 is 14.7 Å². The standard InChI is InChI=1S/C14H15N3O3/c1-10(7-15)9-17(2)14(20)12-5-3-11(8-16-12)4-6-13(18)19/h3-6,8,10H,9H2,1-2H3,(H,18,19). The minimum atomic E-state index is -1.05. The van der Waals surface area contributed by atoms with Crippen molar-refractivity contribution in [1.29, 1.82) is 5.26 Å². The number of pyridine rings is 1. The fourth-order valence-corrected chi connectivity index (χ4v) is 1.53. The van der Waals surface area contributed by atoms with Crippen LogP contribution in [0.15, 0.2) is 24.4 Å². The molecular weight excluding hydrogens is 258 g/mol. The largest absolute Gasteiger partial charge is 0.478 e. The number of carbonyl (C=O) groups is 2. The highest BCUT2D eigenvalue weighted by molar-refractivity contribution is 5.92. The minimum Gasteiger partial charge on any atom is -0.478 e. The van der Waals surface area contributed by atoms with E-state index in [-0.39, 0.29) is 17.5 Å². The van der Waals surface area contributed by atoms with Gasteiger partial charge in [-0.3, -0.25) is 9.78 Å². The summed E-state index contributed by atoms with van der Waals surface area (Å²) in [6, 6.07) is 5.20. The van der Waals surface area contributed by atoms with Crippen molar-refractivity contribution in [2.75, 3.05) is 13.6 Å². The summed E-state index contributed by atoms with van der Waals surface area (Å²) < 4.78 is 0. The molecule has 0 aliphatic carbocycles. The van der Waals surface area contributed by atoms with Gasteiger partial charge in [0, 0.05) is 25.9 Å². The summed E-state index contributed by atoms with van der Waals surface area (Å²) in [6.45, 7) is 2.06. The van der Waals surface area contributed by atoms with Crippen molar-refractivity contribution in [3.05, 3.63) is 35.7 Å². The SMILES string of the molecule is CC(C#N)CN(C)C(=O)c1ccc(C=CC(=O)O)cn1. The van der Waals surface area contributed by atoms with Gasteiger partial charge >= 0.3 is 5.97 Å². The van der Waals surface area contributed by atoms with E-state index in [1.54, 1.807) is 20.0 Å². The zero-order valence-electron chi connectivity index (χ0n) is 11.3. The van der Waals surface area contributed by atoms with Gasteiger partial charge in [-0.25, -0.2) is 4.79 Å². The van der Waals surface area contributed by atoms with E-state index in [9.17, 15) is 9.59 Å². The molecule has 1 rings (SSSR count). The van der Waals surface area contributed by atoms with Crippen LogP contribution in [-0.4, -0.2) is 40.5 Å². The van der Waals surface area contributed by atoms with E-state index >= 15 is 0 Å². The van der Waals surface area contributed by atoms with Crippen LogP contribution >= 0.6 is 0 Å². The number of amides is 1. The number of carboxylic acids is 1. The monoisotopic (exact) mass is 273 g/mol. The van der Waals surface area contributed by atoms with Crippen LogP contribution in [0.5, 0.6) is 0 Å².